The average molecular weight is 657 g/mol. The van der Waals surface area contributed by atoms with E-state index in [1.54, 1.807) is 0 Å². The standard InChI is InChI=1S/C32H66B2GeSi4/c1-19-25-27(33(21-3)22-4)31(38(13,14)15)35(29(25)36(7,8)9)30(37(10,11)12)26(20-2)28(34(23-5)24-6)32(35)39(16,17)18/h19-24H2,1-18H3. The van der Waals surface area contributed by atoms with Gasteiger partial charge < -0.3 is 0 Å². The Kier molecular flexibility index (Phi) is 11.2. The van der Waals surface area contributed by atoms with E-state index in [1.807, 2.05) is 22.1 Å². The van der Waals surface area contributed by atoms with Crippen molar-refractivity contribution >= 4 is 59.0 Å². The molecule has 39 heavy (non-hydrogen) atoms. The third-order valence-electron chi connectivity index (χ3n) is 9.79. The first-order chi connectivity index (χ1) is 17.7. The third-order valence-corrected chi connectivity index (χ3v) is 52.3. The summed E-state index contributed by atoms with van der Waals surface area (Å²) in [5, 5.41) is 0. The Bertz CT molecular complexity index is 975. The van der Waals surface area contributed by atoms with E-state index < -0.39 is 45.6 Å². The fourth-order valence-corrected chi connectivity index (χ4v) is 68.0. The molecule has 0 radical (unpaired) electrons. The summed E-state index contributed by atoms with van der Waals surface area (Å²) in [6.07, 6.45) is 7.73. The minimum atomic E-state index is -3.07. The van der Waals surface area contributed by atoms with Gasteiger partial charge in [0, 0.05) is 0 Å². The molecule has 2 heterocycles. The van der Waals surface area contributed by atoms with Gasteiger partial charge in [-0.05, 0) is 0 Å². The molecular formula is C32H66B2GeSi4. The molecule has 0 saturated carbocycles. The number of allylic oxidation sites excluding steroid dienone is 4. The molecule has 0 unspecified atom stereocenters. The fourth-order valence-electron chi connectivity index (χ4n) is 9.17. The van der Waals surface area contributed by atoms with Gasteiger partial charge >= 0.3 is 255 Å². The Morgan fingerprint density at radius 2 is 0.641 bits per heavy atom. The van der Waals surface area contributed by atoms with Crippen molar-refractivity contribution in [3.8, 4) is 0 Å². The van der Waals surface area contributed by atoms with Crippen LogP contribution < -0.4 is 0 Å². The van der Waals surface area contributed by atoms with Crippen LogP contribution in [-0.4, -0.2) is 59.0 Å². The molecule has 220 valence electrons. The molecule has 0 N–H and O–H groups in total. The normalized spacial score (nSPS) is 18.9. The Balaban J connectivity index is 3.61. The van der Waals surface area contributed by atoms with E-state index >= 15 is 0 Å². The topological polar surface area (TPSA) is 0 Å². The quantitative estimate of drug-likeness (QED) is 0.183. The summed E-state index contributed by atoms with van der Waals surface area (Å²) in [5.41, 5.74) is 7.78. The SMILES string of the molecule is CCB(CC)C1=[C]([Si](C)(C)C)[Ge]2([C]([Si](C)(C)C)=C1CC)[C]([Si](C)(C)C)=C(CC)C(B(CC)CC)=[C]2[Si](C)(C)C. The van der Waals surface area contributed by atoms with Crippen LogP contribution in [0.1, 0.15) is 54.4 Å². The molecule has 0 bridgehead atoms. The van der Waals surface area contributed by atoms with Crippen LogP contribution in [0.3, 0.4) is 0 Å². The van der Waals surface area contributed by atoms with Crippen LogP contribution in [-0.2, 0) is 0 Å². The zero-order valence-electron chi connectivity index (χ0n) is 29.9. The van der Waals surface area contributed by atoms with E-state index in [1.165, 1.54) is 38.1 Å². The molecule has 0 amide bonds. The van der Waals surface area contributed by atoms with Gasteiger partial charge in [0.1, 0.15) is 0 Å². The van der Waals surface area contributed by atoms with E-state index in [4.69, 9.17) is 0 Å². The number of hydrogen-bond donors (Lipinski definition) is 0. The van der Waals surface area contributed by atoms with Gasteiger partial charge in [-0.2, -0.15) is 0 Å². The van der Waals surface area contributed by atoms with Crippen LogP contribution in [0.15, 0.2) is 38.2 Å². The van der Waals surface area contributed by atoms with Crippen LogP contribution in [0, 0.1) is 0 Å². The predicted octanol–water partition coefficient (Wildman–Crippen LogP) is 11.3. The Labute approximate surface area is 254 Å². The maximum atomic E-state index is 2.77. The Morgan fingerprint density at radius 1 is 0.410 bits per heavy atom. The molecule has 7 heteroatoms. The molecule has 1 spiro atoms. The molecule has 0 saturated heterocycles. The van der Waals surface area contributed by atoms with Gasteiger partial charge in [-0.3, -0.25) is 0 Å². The fraction of sp³-hybridized carbons (Fsp3) is 0.750. The van der Waals surface area contributed by atoms with Crippen LogP contribution in [0.25, 0.3) is 0 Å². The molecule has 0 aromatic heterocycles. The minimum absolute atomic E-state index is 0.742. The first kappa shape index (κ1) is 35.7. The van der Waals surface area contributed by atoms with E-state index in [0.717, 1.165) is 13.4 Å². The summed E-state index contributed by atoms with van der Waals surface area (Å²) in [6.45, 7) is 49.7. The van der Waals surface area contributed by atoms with Crippen molar-refractivity contribution < 1.29 is 0 Å². The molecule has 2 aliphatic heterocycles. The van der Waals surface area contributed by atoms with Crippen LogP contribution >= 0.6 is 0 Å². The second kappa shape index (κ2) is 12.2. The van der Waals surface area contributed by atoms with Gasteiger partial charge in [0.15, 0.2) is 0 Å². The zero-order chi connectivity index (χ0) is 30.5. The summed E-state index contributed by atoms with van der Waals surface area (Å²) in [7, 11) is -6.55. The number of rotatable bonds is 12. The molecule has 0 nitrogen and oxygen atoms in total. The van der Waals surface area contributed by atoms with E-state index in [0.29, 0.717) is 0 Å². The maximum absolute atomic E-state index is 3.07. The molecule has 0 fully saturated rings. The molecule has 0 aromatic rings. The average Bonchev–Trinajstić information content (AvgIpc) is 3.25. The molecular weight excluding hydrogens is 591 g/mol. The van der Waals surface area contributed by atoms with Crippen molar-refractivity contribution in [3.63, 3.8) is 0 Å². The summed E-state index contributed by atoms with van der Waals surface area (Å²) in [4.78, 5) is 0. The van der Waals surface area contributed by atoms with Gasteiger partial charge in [0.25, 0.3) is 0 Å². The van der Waals surface area contributed by atoms with Crippen molar-refractivity contribution in [1.82, 2.24) is 0 Å². The third kappa shape index (κ3) is 5.99. The summed E-state index contributed by atoms with van der Waals surface area (Å²) < 4.78 is 8.72. The Morgan fingerprint density at radius 3 is 0.795 bits per heavy atom. The molecule has 0 aromatic carbocycles. The summed E-state index contributed by atoms with van der Waals surface area (Å²) in [5.74, 6) is 0. The summed E-state index contributed by atoms with van der Waals surface area (Å²) in [6, 6.07) is 0. The zero-order valence-corrected chi connectivity index (χ0v) is 36.0. The monoisotopic (exact) mass is 658 g/mol. The first-order valence-electron chi connectivity index (χ1n) is 16.7. The van der Waals surface area contributed by atoms with E-state index in [-0.39, 0.29) is 0 Å². The molecule has 2 aliphatic rings. The Hall–Kier alpha value is 0.500. The van der Waals surface area contributed by atoms with Crippen LogP contribution in [0.2, 0.25) is 104 Å². The van der Waals surface area contributed by atoms with Gasteiger partial charge in [0.2, 0.25) is 0 Å². The van der Waals surface area contributed by atoms with E-state index in [2.05, 4.69) is 136 Å². The van der Waals surface area contributed by atoms with Gasteiger partial charge in [-0.25, -0.2) is 0 Å². The first-order valence-corrected chi connectivity index (χ1v) is 34.9. The molecule has 2 rings (SSSR count). The van der Waals surface area contributed by atoms with Crippen molar-refractivity contribution in [2.45, 2.75) is 158 Å². The van der Waals surface area contributed by atoms with Crippen molar-refractivity contribution in [1.29, 1.82) is 0 Å². The summed E-state index contributed by atoms with van der Waals surface area (Å²) >= 11 is -3.07. The molecule has 0 aliphatic carbocycles. The second-order valence-electron chi connectivity index (χ2n) is 16.8. The van der Waals surface area contributed by atoms with Gasteiger partial charge in [0.05, 0.1) is 0 Å². The molecule has 0 atom stereocenters. The van der Waals surface area contributed by atoms with Crippen molar-refractivity contribution in [3.05, 3.63) is 38.2 Å². The van der Waals surface area contributed by atoms with Gasteiger partial charge in [-0.15, -0.1) is 0 Å². The van der Waals surface area contributed by atoms with Crippen molar-refractivity contribution in [2.24, 2.45) is 0 Å². The van der Waals surface area contributed by atoms with E-state index in [9.17, 15) is 0 Å². The number of hydrogen-bond acceptors (Lipinski definition) is 0. The van der Waals surface area contributed by atoms with Crippen LogP contribution in [0.4, 0.5) is 0 Å². The van der Waals surface area contributed by atoms with Gasteiger partial charge in [-0.1, -0.05) is 0 Å². The van der Waals surface area contributed by atoms with Crippen molar-refractivity contribution in [2.75, 3.05) is 0 Å². The van der Waals surface area contributed by atoms with Crippen LogP contribution in [0.5, 0.6) is 0 Å². The second-order valence-corrected chi connectivity index (χ2v) is 48.3. The predicted molar refractivity (Wildman–Crippen MR) is 201 cm³/mol.